The summed E-state index contributed by atoms with van der Waals surface area (Å²) in [5.41, 5.74) is 4.99. The van der Waals surface area contributed by atoms with Crippen LogP contribution in [0, 0.1) is 0 Å². The third kappa shape index (κ3) is 4.55. The molecular formula is C27H21N3O3. The maximum absolute atomic E-state index is 12.5. The number of para-hydroxylation sites is 1. The van der Waals surface area contributed by atoms with Crippen molar-refractivity contribution in [2.24, 2.45) is 0 Å². The molecule has 4 aromatic carbocycles. The molecule has 0 fully saturated rings. The summed E-state index contributed by atoms with van der Waals surface area (Å²) >= 11 is 0. The summed E-state index contributed by atoms with van der Waals surface area (Å²) in [6.07, 6.45) is 0. The standard InChI is InChI=1S/C27H21N3O3/c31-26-24-11-5-10-23(25(24)17-28-26)18-12-14-19(15-13-18)29-27(32)30-20-6-4-9-22(16-20)33-21-7-2-1-3-8-21/h1-16H,17H2,(H,28,31)(H2,29,30,32). The number of urea groups is 1. The van der Waals surface area contributed by atoms with Gasteiger partial charge in [0.05, 0.1) is 0 Å². The van der Waals surface area contributed by atoms with Gasteiger partial charge in [-0.2, -0.15) is 0 Å². The molecule has 1 aliphatic rings. The number of benzene rings is 4. The van der Waals surface area contributed by atoms with Crippen molar-refractivity contribution < 1.29 is 14.3 Å². The summed E-state index contributed by atoms with van der Waals surface area (Å²) in [5.74, 6) is 1.31. The Morgan fingerprint density at radius 3 is 2.24 bits per heavy atom. The molecule has 0 unspecified atom stereocenters. The van der Waals surface area contributed by atoms with E-state index >= 15 is 0 Å². The Kier molecular flexibility index (Phi) is 5.47. The Hall–Kier alpha value is -4.58. The summed E-state index contributed by atoms with van der Waals surface area (Å²) in [6.45, 7) is 0.528. The molecule has 3 amide bonds. The molecule has 0 atom stereocenters. The molecule has 5 rings (SSSR count). The highest BCUT2D eigenvalue weighted by molar-refractivity contribution is 6.01. The van der Waals surface area contributed by atoms with Gasteiger partial charge in [0.25, 0.3) is 5.91 Å². The van der Waals surface area contributed by atoms with Crippen LogP contribution in [0.1, 0.15) is 15.9 Å². The summed E-state index contributed by atoms with van der Waals surface area (Å²) in [5, 5.41) is 8.53. The molecule has 4 aromatic rings. The molecule has 33 heavy (non-hydrogen) atoms. The fourth-order valence-corrected chi connectivity index (χ4v) is 3.81. The molecule has 162 valence electrons. The first kappa shape index (κ1) is 20.3. The van der Waals surface area contributed by atoms with E-state index in [1.54, 1.807) is 12.1 Å². The van der Waals surface area contributed by atoms with Crippen molar-refractivity contribution in [3.63, 3.8) is 0 Å². The summed E-state index contributed by atoms with van der Waals surface area (Å²) in [4.78, 5) is 24.4. The molecular weight excluding hydrogens is 414 g/mol. The third-order valence-electron chi connectivity index (χ3n) is 5.37. The Labute approximate surface area is 191 Å². The minimum atomic E-state index is -0.352. The predicted molar refractivity (Wildman–Crippen MR) is 129 cm³/mol. The number of hydrogen-bond acceptors (Lipinski definition) is 3. The minimum Gasteiger partial charge on any atom is -0.457 e. The van der Waals surface area contributed by atoms with Crippen molar-refractivity contribution in [1.82, 2.24) is 5.32 Å². The first-order valence-corrected chi connectivity index (χ1v) is 10.6. The van der Waals surface area contributed by atoms with Gasteiger partial charge in [0.15, 0.2) is 0 Å². The fraction of sp³-hybridized carbons (Fsp3) is 0.0370. The SMILES string of the molecule is O=C(Nc1ccc(-c2cccc3c2CNC3=O)cc1)Nc1cccc(Oc2ccccc2)c1. The average molecular weight is 435 g/mol. The Morgan fingerprint density at radius 2 is 1.42 bits per heavy atom. The van der Waals surface area contributed by atoms with Gasteiger partial charge in [-0.25, -0.2) is 4.79 Å². The van der Waals surface area contributed by atoms with E-state index in [0.717, 1.165) is 22.4 Å². The summed E-state index contributed by atoms with van der Waals surface area (Å²) in [7, 11) is 0. The molecule has 1 heterocycles. The molecule has 0 bridgehead atoms. The van der Waals surface area contributed by atoms with Gasteiger partial charge in [-0.1, -0.05) is 48.5 Å². The molecule has 6 nitrogen and oxygen atoms in total. The number of amides is 3. The Balaban J connectivity index is 1.24. The van der Waals surface area contributed by atoms with Gasteiger partial charge in [-0.15, -0.1) is 0 Å². The number of fused-ring (bicyclic) bond motifs is 1. The van der Waals surface area contributed by atoms with E-state index < -0.39 is 0 Å². The lowest BCUT2D eigenvalue weighted by molar-refractivity contribution is 0.0965. The van der Waals surface area contributed by atoms with Crippen molar-refractivity contribution in [3.8, 4) is 22.6 Å². The molecule has 0 aliphatic carbocycles. The van der Waals surface area contributed by atoms with E-state index in [9.17, 15) is 9.59 Å². The number of rotatable bonds is 5. The second-order valence-electron chi connectivity index (χ2n) is 7.61. The van der Waals surface area contributed by atoms with Gasteiger partial charge in [0.1, 0.15) is 11.5 Å². The van der Waals surface area contributed by atoms with E-state index in [-0.39, 0.29) is 11.9 Å². The zero-order chi connectivity index (χ0) is 22.6. The van der Waals surface area contributed by atoms with Crippen molar-refractivity contribution in [2.75, 3.05) is 10.6 Å². The van der Waals surface area contributed by atoms with Gasteiger partial charge in [-0.05, 0) is 59.2 Å². The fourth-order valence-electron chi connectivity index (χ4n) is 3.81. The minimum absolute atomic E-state index is 0.0416. The van der Waals surface area contributed by atoms with E-state index in [1.165, 1.54) is 0 Å². The van der Waals surface area contributed by atoms with Crippen LogP contribution in [0.5, 0.6) is 11.5 Å². The second kappa shape index (κ2) is 8.88. The zero-order valence-corrected chi connectivity index (χ0v) is 17.7. The summed E-state index contributed by atoms with van der Waals surface area (Å²) in [6, 6.07) is 29.6. The molecule has 0 saturated heterocycles. The Bertz CT molecular complexity index is 1320. The van der Waals surface area contributed by atoms with Crippen LogP contribution in [0.2, 0.25) is 0 Å². The highest BCUT2D eigenvalue weighted by atomic mass is 16.5. The van der Waals surface area contributed by atoms with Crippen LogP contribution in [0.4, 0.5) is 16.2 Å². The predicted octanol–water partition coefficient (Wildman–Crippen LogP) is 6.03. The maximum Gasteiger partial charge on any atom is 0.323 e. The number of carbonyl (C=O) groups is 2. The van der Waals surface area contributed by atoms with Crippen molar-refractivity contribution in [2.45, 2.75) is 6.54 Å². The third-order valence-corrected chi connectivity index (χ3v) is 5.37. The highest BCUT2D eigenvalue weighted by Crippen LogP contribution is 2.30. The van der Waals surface area contributed by atoms with Crippen molar-refractivity contribution in [3.05, 3.63) is 108 Å². The molecule has 0 spiro atoms. The van der Waals surface area contributed by atoms with Crippen LogP contribution in [0.3, 0.4) is 0 Å². The topological polar surface area (TPSA) is 79.5 Å². The van der Waals surface area contributed by atoms with Crippen molar-refractivity contribution >= 4 is 23.3 Å². The monoisotopic (exact) mass is 435 g/mol. The van der Waals surface area contributed by atoms with E-state index in [4.69, 9.17) is 4.74 Å². The molecule has 6 heteroatoms. The van der Waals surface area contributed by atoms with Gasteiger partial charge < -0.3 is 20.7 Å². The first-order valence-electron chi connectivity index (χ1n) is 10.6. The van der Waals surface area contributed by atoms with Crippen LogP contribution in [-0.4, -0.2) is 11.9 Å². The normalized spacial score (nSPS) is 11.9. The van der Waals surface area contributed by atoms with E-state index in [2.05, 4.69) is 16.0 Å². The quantitative estimate of drug-likeness (QED) is 0.358. The van der Waals surface area contributed by atoms with Crippen LogP contribution in [-0.2, 0) is 6.54 Å². The molecule has 0 aromatic heterocycles. The number of nitrogens with one attached hydrogen (secondary N) is 3. The number of anilines is 2. The van der Waals surface area contributed by atoms with E-state index in [0.29, 0.717) is 29.2 Å². The Morgan fingerprint density at radius 1 is 0.727 bits per heavy atom. The lowest BCUT2D eigenvalue weighted by Gasteiger charge is -2.11. The van der Waals surface area contributed by atoms with Crippen LogP contribution < -0.4 is 20.7 Å². The van der Waals surface area contributed by atoms with Crippen LogP contribution in [0.15, 0.2) is 97.1 Å². The molecule has 0 saturated carbocycles. The van der Waals surface area contributed by atoms with Gasteiger partial charge in [0.2, 0.25) is 0 Å². The average Bonchev–Trinajstić information content (AvgIpc) is 3.21. The number of ether oxygens (including phenoxy) is 1. The summed E-state index contributed by atoms with van der Waals surface area (Å²) < 4.78 is 5.82. The lowest BCUT2D eigenvalue weighted by Crippen LogP contribution is -2.19. The van der Waals surface area contributed by atoms with Gasteiger partial charge >= 0.3 is 6.03 Å². The highest BCUT2D eigenvalue weighted by Gasteiger charge is 2.21. The van der Waals surface area contributed by atoms with Crippen molar-refractivity contribution in [1.29, 1.82) is 0 Å². The van der Waals surface area contributed by atoms with Gasteiger partial charge in [-0.3, -0.25) is 4.79 Å². The number of hydrogen-bond donors (Lipinski definition) is 3. The smallest absolute Gasteiger partial charge is 0.323 e. The first-order chi connectivity index (χ1) is 16.2. The van der Waals surface area contributed by atoms with Crippen LogP contribution in [0.25, 0.3) is 11.1 Å². The number of carbonyl (C=O) groups excluding carboxylic acids is 2. The van der Waals surface area contributed by atoms with E-state index in [1.807, 2.05) is 84.9 Å². The maximum atomic E-state index is 12.5. The molecule has 0 radical (unpaired) electrons. The molecule has 3 N–H and O–H groups in total. The largest absolute Gasteiger partial charge is 0.457 e. The second-order valence-corrected chi connectivity index (χ2v) is 7.61. The van der Waals surface area contributed by atoms with Crippen LogP contribution >= 0.6 is 0 Å². The molecule has 1 aliphatic heterocycles. The van der Waals surface area contributed by atoms with Gasteiger partial charge in [0, 0.05) is 29.5 Å². The lowest BCUT2D eigenvalue weighted by atomic mass is 9.97. The zero-order valence-electron chi connectivity index (χ0n) is 17.7.